The summed E-state index contributed by atoms with van der Waals surface area (Å²) in [7, 11) is 0. The van der Waals surface area contributed by atoms with Crippen LogP contribution in [0.15, 0.2) is 18.3 Å². The molecule has 0 amide bonds. The van der Waals surface area contributed by atoms with Crippen molar-refractivity contribution in [3.05, 3.63) is 29.6 Å². The van der Waals surface area contributed by atoms with Crippen molar-refractivity contribution < 1.29 is 18.7 Å². The van der Waals surface area contributed by atoms with Crippen molar-refractivity contribution >= 4 is 5.97 Å². The summed E-state index contributed by atoms with van der Waals surface area (Å²) in [6, 6.07) is 3.40. The van der Waals surface area contributed by atoms with Gasteiger partial charge in [-0.05, 0) is 31.4 Å². The zero-order valence-electron chi connectivity index (χ0n) is 10.1. The standard InChI is InChI=1S/C13H15F2NO2/c1-9-2-3-10(8-16-9)12(11(17)18)4-6-13(14,15)7-5-12/h2-3,8H,4-7H2,1H3,(H,17,18). The Kier molecular flexibility index (Phi) is 3.09. The van der Waals surface area contributed by atoms with Crippen LogP contribution in [0.1, 0.15) is 36.9 Å². The summed E-state index contributed by atoms with van der Waals surface area (Å²) in [5.41, 5.74) is 0.0964. The highest BCUT2D eigenvalue weighted by atomic mass is 19.3. The van der Waals surface area contributed by atoms with Crippen LogP contribution in [0.3, 0.4) is 0 Å². The zero-order chi connectivity index (χ0) is 13.4. The van der Waals surface area contributed by atoms with Gasteiger partial charge in [0, 0.05) is 24.7 Å². The van der Waals surface area contributed by atoms with Gasteiger partial charge >= 0.3 is 5.97 Å². The van der Waals surface area contributed by atoms with Gasteiger partial charge in [-0.1, -0.05) is 6.07 Å². The van der Waals surface area contributed by atoms with E-state index in [1.165, 1.54) is 6.20 Å². The molecule has 1 aromatic heterocycles. The van der Waals surface area contributed by atoms with Gasteiger partial charge in [-0.2, -0.15) is 0 Å². The Morgan fingerprint density at radius 3 is 2.33 bits per heavy atom. The molecule has 0 saturated heterocycles. The van der Waals surface area contributed by atoms with E-state index < -0.39 is 17.3 Å². The van der Waals surface area contributed by atoms with E-state index in [9.17, 15) is 18.7 Å². The van der Waals surface area contributed by atoms with E-state index in [2.05, 4.69) is 4.98 Å². The maximum Gasteiger partial charge on any atom is 0.314 e. The predicted octanol–water partition coefficient (Wildman–Crippen LogP) is 2.92. The molecule has 0 atom stereocenters. The number of hydrogen-bond donors (Lipinski definition) is 1. The summed E-state index contributed by atoms with van der Waals surface area (Å²) in [6.45, 7) is 1.80. The van der Waals surface area contributed by atoms with E-state index in [4.69, 9.17) is 0 Å². The molecule has 1 aliphatic rings. The van der Waals surface area contributed by atoms with Gasteiger partial charge in [0.2, 0.25) is 5.92 Å². The second kappa shape index (κ2) is 4.30. The number of pyridine rings is 1. The van der Waals surface area contributed by atoms with Crippen molar-refractivity contribution in [3.8, 4) is 0 Å². The lowest BCUT2D eigenvalue weighted by atomic mass is 9.69. The van der Waals surface area contributed by atoms with Gasteiger partial charge in [0.25, 0.3) is 0 Å². The number of halogens is 2. The second-order valence-corrected chi connectivity index (χ2v) is 4.93. The molecule has 1 aliphatic carbocycles. The molecule has 0 aliphatic heterocycles. The molecule has 1 saturated carbocycles. The summed E-state index contributed by atoms with van der Waals surface area (Å²) in [4.78, 5) is 15.6. The Bertz CT molecular complexity index is 447. The van der Waals surface area contributed by atoms with Crippen LogP contribution in [-0.2, 0) is 10.2 Å². The minimum absolute atomic E-state index is 0.0416. The van der Waals surface area contributed by atoms with E-state index in [-0.39, 0.29) is 25.7 Å². The molecule has 0 bridgehead atoms. The maximum atomic E-state index is 13.2. The average molecular weight is 255 g/mol. The van der Waals surface area contributed by atoms with Gasteiger partial charge < -0.3 is 5.11 Å². The number of rotatable bonds is 2. The molecule has 18 heavy (non-hydrogen) atoms. The molecule has 3 nitrogen and oxygen atoms in total. The van der Waals surface area contributed by atoms with Crippen molar-refractivity contribution in [2.24, 2.45) is 0 Å². The van der Waals surface area contributed by atoms with Gasteiger partial charge in [0.1, 0.15) is 0 Å². The van der Waals surface area contributed by atoms with Crippen LogP contribution in [0, 0.1) is 6.92 Å². The third kappa shape index (κ3) is 2.21. The Morgan fingerprint density at radius 1 is 1.28 bits per heavy atom. The summed E-state index contributed by atoms with van der Waals surface area (Å²) >= 11 is 0. The first-order valence-electron chi connectivity index (χ1n) is 5.90. The Morgan fingerprint density at radius 2 is 1.89 bits per heavy atom. The number of nitrogens with zero attached hydrogens (tertiary/aromatic N) is 1. The highest BCUT2D eigenvalue weighted by molar-refractivity contribution is 5.81. The van der Waals surface area contributed by atoms with Gasteiger partial charge in [0.05, 0.1) is 5.41 Å². The summed E-state index contributed by atoms with van der Waals surface area (Å²) < 4.78 is 26.4. The fraction of sp³-hybridized carbons (Fsp3) is 0.538. The van der Waals surface area contributed by atoms with Crippen LogP contribution >= 0.6 is 0 Å². The lowest BCUT2D eigenvalue weighted by Gasteiger charge is -2.36. The molecule has 2 rings (SSSR count). The molecule has 1 aromatic rings. The first-order chi connectivity index (χ1) is 8.36. The van der Waals surface area contributed by atoms with Crippen molar-refractivity contribution in [2.45, 2.75) is 43.9 Å². The average Bonchev–Trinajstić information content (AvgIpc) is 2.30. The summed E-state index contributed by atoms with van der Waals surface area (Å²) in [6.07, 6.45) is 0.646. The number of carboxylic acid groups (broad SMARTS) is 1. The van der Waals surface area contributed by atoms with Gasteiger partial charge in [-0.25, -0.2) is 8.78 Å². The van der Waals surface area contributed by atoms with Crippen molar-refractivity contribution in [1.29, 1.82) is 0 Å². The maximum absolute atomic E-state index is 13.2. The summed E-state index contributed by atoms with van der Waals surface area (Å²) in [5, 5.41) is 9.41. The van der Waals surface area contributed by atoms with Crippen LogP contribution in [0.25, 0.3) is 0 Å². The van der Waals surface area contributed by atoms with E-state index in [1.807, 2.05) is 0 Å². The van der Waals surface area contributed by atoms with E-state index in [0.29, 0.717) is 5.56 Å². The lowest BCUT2D eigenvalue weighted by molar-refractivity contribution is -0.149. The number of carbonyl (C=O) groups is 1. The first-order valence-corrected chi connectivity index (χ1v) is 5.90. The van der Waals surface area contributed by atoms with Crippen LogP contribution in [0.5, 0.6) is 0 Å². The number of aliphatic carboxylic acids is 1. The topological polar surface area (TPSA) is 50.2 Å². The Hall–Kier alpha value is -1.52. The third-order valence-electron chi connectivity index (χ3n) is 3.71. The molecule has 5 heteroatoms. The number of aromatic nitrogens is 1. The van der Waals surface area contributed by atoms with E-state index >= 15 is 0 Å². The fourth-order valence-electron chi connectivity index (χ4n) is 2.42. The van der Waals surface area contributed by atoms with E-state index in [1.54, 1.807) is 19.1 Å². The number of hydrogen-bond acceptors (Lipinski definition) is 2. The molecule has 0 radical (unpaired) electrons. The van der Waals surface area contributed by atoms with Crippen LogP contribution in [-0.4, -0.2) is 22.0 Å². The van der Waals surface area contributed by atoms with E-state index in [0.717, 1.165) is 5.69 Å². The Balaban J connectivity index is 2.34. The second-order valence-electron chi connectivity index (χ2n) is 4.93. The number of alkyl halides is 2. The molecule has 1 N–H and O–H groups in total. The third-order valence-corrected chi connectivity index (χ3v) is 3.71. The molecule has 1 heterocycles. The zero-order valence-corrected chi connectivity index (χ0v) is 10.1. The number of aryl methyl sites for hydroxylation is 1. The highest BCUT2D eigenvalue weighted by Crippen LogP contribution is 2.45. The van der Waals surface area contributed by atoms with Crippen LogP contribution in [0.2, 0.25) is 0 Å². The normalized spacial score (nSPS) is 21.5. The SMILES string of the molecule is Cc1ccc(C2(C(=O)O)CCC(F)(F)CC2)cn1. The molecule has 1 fully saturated rings. The minimum Gasteiger partial charge on any atom is -0.481 e. The quantitative estimate of drug-likeness (QED) is 0.884. The smallest absolute Gasteiger partial charge is 0.314 e. The monoisotopic (exact) mass is 255 g/mol. The Labute approximate surface area is 104 Å². The molecule has 0 unspecified atom stereocenters. The van der Waals surface area contributed by atoms with Gasteiger partial charge in [-0.3, -0.25) is 9.78 Å². The number of carboxylic acids is 1. The lowest BCUT2D eigenvalue weighted by Crippen LogP contribution is -2.42. The van der Waals surface area contributed by atoms with Gasteiger partial charge in [0.15, 0.2) is 0 Å². The largest absolute Gasteiger partial charge is 0.481 e. The fourth-order valence-corrected chi connectivity index (χ4v) is 2.42. The van der Waals surface area contributed by atoms with Gasteiger partial charge in [-0.15, -0.1) is 0 Å². The van der Waals surface area contributed by atoms with Crippen molar-refractivity contribution in [2.75, 3.05) is 0 Å². The molecule has 98 valence electrons. The molecule has 0 spiro atoms. The van der Waals surface area contributed by atoms with Crippen molar-refractivity contribution in [1.82, 2.24) is 4.98 Å². The first kappa shape index (κ1) is 12.9. The molecular weight excluding hydrogens is 240 g/mol. The van der Waals surface area contributed by atoms with Crippen LogP contribution in [0.4, 0.5) is 8.78 Å². The highest BCUT2D eigenvalue weighted by Gasteiger charge is 2.49. The molecule has 0 aromatic carbocycles. The van der Waals surface area contributed by atoms with Crippen LogP contribution < -0.4 is 0 Å². The minimum atomic E-state index is -2.74. The predicted molar refractivity (Wildman–Crippen MR) is 61.7 cm³/mol. The summed E-state index contributed by atoms with van der Waals surface area (Å²) in [5.74, 6) is -3.78. The van der Waals surface area contributed by atoms with Crippen molar-refractivity contribution in [3.63, 3.8) is 0 Å². The molecular formula is C13H15F2NO2.